The lowest BCUT2D eigenvalue weighted by Crippen LogP contribution is -2.47. The van der Waals surface area contributed by atoms with Crippen LogP contribution in [-0.2, 0) is 6.54 Å². The van der Waals surface area contributed by atoms with Crippen LogP contribution < -0.4 is 15.8 Å². The number of aromatic nitrogens is 1. The molecule has 1 saturated heterocycles. The molecule has 0 unspecified atom stereocenters. The number of nitrogens with one attached hydrogen (secondary N) is 1. The van der Waals surface area contributed by atoms with E-state index < -0.39 is 0 Å². The van der Waals surface area contributed by atoms with Crippen molar-refractivity contribution in [3.05, 3.63) is 141 Å². The van der Waals surface area contributed by atoms with Crippen molar-refractivity contribution in [1.82, 2.24) is 14.8 Å². The Morgan fingerprint density at radius 3 is 2.02 bits per heavy atom. The molecule has 1 aliphatic heterocycles. The van der Waals surface area contributed by atoms with Crippen LogP contribution in [0.4, 0.5) is 5.69 Å². The van der Waals surface area contributed by atoms with Crippen LogP contribution in [0.1, 0.15) is 41.0 Å². The largest absolute Gasteiger partial charge is 0.369 e. The van der Waals surface area contributed by atoms with Crippen molar-refractivity contribution in [2.75, 3.05) is 31.1 Å². The van der Waals surface area contributed by atoms with Crippen LogP contribution in [0.2, 0.25) is 5.02 Å². The Hall–Kier alpha value is -4.39. The van der Waals surface area contributed by atoms with Gasteiger partial charge in [0.05, 0.1) is 17.3 Å². The SMILES string of the molecule is CC[C@H](NC(=O)c1c(CN2CCN(c3ccc(Cl)cc3)CC2)n(-c2ccccc2)c(=O)c2ccccc12)c1ccccc1. The molecule has 1 atom stereocenters. The zero-order chi connectivity index (χ0) is 29.8. The number of piperazine rings is 1. The van der Waals surface area contributed by atoms with Gasteiger partial charge >= 0.3 is 0 Å². The second-order valence-electron chi connectivity index (χ2n) is 10.9. The van der Waals surface area contributed by atoms with E-state index in [0.29, 0.717) is 28.6 Å². The average molecular weight is 591 g/mol. The highest BCUT2D eigenvalue weighted by Gasteiger charge is 2.27. The van der Waals surface area contributed by atoms with Crippen molar-refractivity contribution in [3.63, 3.8) is 0 Å². The minimum atomic E-state index is -0.175. The Morgan fingerprint density at radius 1 is 0.767 bits per heavy atom. The van der Waals surface area contributed by atoms with Gasteiger partial charge in [0.25, 0.3) is 11.5 Å². The highest BCUT2D eigenvalue weighted by atomic mass is 35.5. The number of hydrogen-bond acceptors (Lipinski definition) is 4. The van der Waals surface area contributed by atoms with Crippen molar-refractivity contribution in [2.45, 2.75) is 25.9 Å². The predicted molar refractivity (Wildman–Crippen MR) is 175 cm³/mol. The number of pyridine rings is 1. The highest BCUT2D eigenvalue weighted by Crippen LogP contribution is 2.27. The predicted octanol–water partition coefficient (Wildman–Crippen LogP) is 6.85. The number of rotatable bonds is 8. The third-order valence-electron chi connectivity index (χ3n) is 8.28. The fourth-order valence-corrected chi connectivity index (χ4v) is 6.14. The van der Waals surface area contributed by atoms with E-state index in [1.165, 1.54) is 0 Å². The summed E-state index contributed by atoms with van der Waals surface area (Å²) in [6.07, 6.45) is 0.744. The molecule has 1 fully saturated rings. The van der Waals surface area contributed by atoms with Crippen LogP contribution >= 0.6 is 11.6 Å². The normalized spacial score (nSPS) is 14.5. The molecule has 1 aliphatic rings. The number of amides is 1. The van der Waals surface area contributed by atoms with Gasteiger partial charge in [-0.25, -0.2) is 0 Å². The maximum absolute atomic E-state index is 14.4. The van der Waals surface area contributed by atoms with Crippen molar-refractivity contribution < 1.29 is 4.79 Å². The fraction of sp³-hybridized carbons (Fsp3) is 0.222. The number of benzene rings is 4. The van der Waals surface area contributed by atoms with E-state index >= 15 is 0 Å². The number of carbonyl (C=O) groups is 1. The molecule has 1 N–H and O–H groups in total. The van der Waals surface area contributed by atoms with Gasteiger partial charge in [0.2, 0.25) is 0 Å². The molecule has 218 valence electrons. The van der Waals surface area contributed by atoms with E-state index in [4.69, 9.17) is 11.6 Å². The summed E-state index contributed by atoms with van der Waals surface area (Å²) in [5.74, 6) is -0.175. The number of anilines is 1. The van der Waals surface area contributed by atoms with Crippen LogP contribution in [0.3, 0.4) is 0 Å². The maximum Gasteiger partial charge on any atom is 0.263 e. The first kappa shape index (κ1) is 28.7. The molecular formula is C36H35ClN4O2. The molecule has 1 amide bonds. The lowest BCUT2D eigenvalue weighted by atomic mass is 9.99. The standard InChI is InChI=1S/C36H35ClN4O2/c1-2-32(26-11-5-3-6-12-26)38-35(42)34-30-15-9-10-16-31(30)36(43)41(29-13-7-4-8-14-29)33(34)25-39-21-23-40(24-22-39)28-19-17-27(37)18-20-28/h3-20,32H,2,21-25H2,1H3,(H,38,42)/t32-/m0/s1. The zero-order valence-electron chi connectivity index (χ0n) is 24.2. The summed E-state index contributed by atoms with van der Waals surface area (Å²) in [7, 11) is 0. The van der Waals surface area contributed by atoms with Crippen LogP contribution in [0, 0.1) is 0 Å². The van der Waals surface area contributed by atoms with E-state index in [1.54, 1.807) is 4.57 Å². The van der Waals surface area contributed by atoms with Crippen LogP contribution in [0.5, 0.6) is 0 Å². The number of hydrogen-bond donors (Lipinski definition) is 1. The summed E-state index contributed by atoms with van der Waals surface area (Å²) in [6.45, 7) is 5.79. The van der Waals surface area contributed by atoms with Gasteiger partial charge in [-0.15, -0.1) is 0 Å². The molecule has 5 aromatic rings. The number of fused-ring (bicyclic) bond motifs is 1. The Morgan fingerprint density at radius 2 is 1.37 bits per heavy atom. The lowest BCUT2D eigenvalue weighted by Gasteiger charge is -2.37. The molecule has 6 nitrogen and oxygen atoms in total. The molecular weight excluding hydrogens is 556 g/mol. The van der Waals surface area contributed by atoms with Crippen molar-refractivity contribution in [2.24, 2.45) is 0 Å². The maximum atomic E-state index is 14.4. The summed E-state index contributed by atoms with van der Waals surface area (Å²) in [5, 5.41) is 5.24. The molecule has 43 heavy (non-hydrogen) atoms. The summed E-state index contributed by atoms with van der Waals surface area (Å²) >= 11 is 6.11. The molecule has 7 heteroatoms. The summed E-state index contributed by atoms with van der Waals surface area (Å²) < 4.78 is 1.74. The Labute approximate surface area is 257 Å². The smallest absolute Gasteiger partial charge is 0.263 e. The van der Waals surface area contributed by atoms with E-state index in [-0.39, 0.29) is 17.5 Å². The summed E-state index contributed by atoms with van der Waals surface area (Å²) in [4.78, 5) is 33.2. The van der Waals surface area contributed by atoms with Gasteiger partial charge in [-0.1, -0.05) is 85.3 Å². The Balaban J connectivity index is 1.41. The van der Waals surface area contributed by atoms with Gasteiger partial charge in [-0.2, -0.15) is 0 Å². The molecule has 0 radical (unpaired) electrons. The third kappa shape index (κ3) is 6.07. The van der Waals surface area contributed by atoms with Crippen LogP contribution in [0.25, 0.3) is 16.5 Å². The third-order valence-corrected chi connectivity index (χ3v) is 8.53. The van der Waals surface area contributed by atoms with Crippen LogP contribution in [-0.4, -0.2) is 41.6 Å². The van der Waals surface area contributed by atoms with Gasteiger partial charge in [0.1, 0.15) is 0 Å². The van der Waals surface area contributed by atoms with Gasteiger partial charge in [0, 0.05) is 59.9 Å². The first-order valence-corrected chi connectivity index (χ1v) is 15.2. The summed E-state index contributed by atoms with van der Waals surface area (Å²) in [5.41, 5.74) is 4.07. The lowest BCUT2D eigenvalue weighted by molar-refractivity contribution is 0.0934. The van der Waals surface area contributed by atoms with E-state index in [1.807, 2.05) is 109 Å². The average Bonchev–Trinajstić information content (AvgIpc) is 3.05. The molecule has 0 spiro atoms. The van der Waals surface area contributed by atoms with Gasteiger partial charge < -0.3 is 10.2 Å². The Bertz CT molecular complexity index is 1760. The second kappa shape index (κ2) is 12.9. The van der Waals surface area contributed by atoms with Gasteiger partial charge in [0.15, 0.2) is 0 Å². The first-order chi connectivity index (χ1) is 21.0. The fourth-order valence-electron chi connectivity index (χ4n) is 6.02. The molecule has 0 bridgehead atoms. The van der Waals surface area contributed by atoms with Gasteiger partial charge in [-0.3, -0.25) is 19.1 Å². The van der Waals surface area contributed by atoms with E-state index in [0.717, 1.165) is 54.6 Å². The van der Waals surface area contributed by atoms with E-state index in [9.17, 15) is 9.59 Å². The number of carbonyl (C=O) groups excluding carboxylic acids is 1. The van der Waals surface area contributed by atoms with Crippen LogP contribution in [0.15, 0.2) is 114 Å². The number of halogens is 1. The number of nitrogens with zero attached hydrogens (tertiary/aromatic N) is 3. The zero-order valence-corrected chi connectivity index (χ0v) is 25.0. The molecule has 1 aromatic heterocycles. The van der Waals surface area contributed by atoms with Gasteiger partial charge in [-0.05, 0) is 54.4 Å². The molecule has 0 aliphatic carbocycles. The molecule has 0 saturated carbocycles. The number of para-hydroxylation sites is 1. The first-order valence-electron chi connectivity index (χ1n) is 14.8. The Kier molecular flexibility index (Phi) is 8.59. The molecule has 6 rings (SSSR count). The summed E-state index contributed by atoms with van der Waals surface area (Å²) in [6, 6.07) is 34.9. The topological polar surface area (TPSA) is 57.6 Å². The minimum absolute atomic E-state index is 0.122. The van der Waals surface area contributed by atoms with E-state index in [2.05, 4.69) is 22.0 Å². The van der Waals surface area contributed by atoms with Crippen molar-refractivity contribution >= 4 is 34.0 Å². The highest BCUT2D eigenvalue weighted by molar-refractivity contribution is 6.30. The minimum Gasteiger partial charge on any atom is -0.369 e. The monoisotopic (exact) mass is 590 g/mol. The van der Waals surface area contributed by atoms with Crippen molar-refractivity contribution in [3.8, 4) is 5.69 Å². The second-order valence-corrected chi connectivity index (χ2v) is 11.4. The molecule has 4 aromatic carbocycles. The quantitative estimate of drug-likeness (QED) is 0.215. The van der Waals surface area contributed by atoms with Crippen molar-refractivity contribution in [1.29, 1.82) is 0 Å². The molecule has 2 heterocycles.